The van der Waals surface area contributed by atoms with E-state index in [1.807, 2.05) is 0 Å². The Bertz CT molecular complexity index is 504. The van der Waals surface area contributed by atoms with Gasteiger partial charge in [0.05, 0.1) is 14.2 Å². The van der Waals surface area contributed by atoms with E-state index >= 15 is 0 Å². The zero-order valence-corrected chi connectivity index (χ0v) is 12.6. The van der Waals surface area contributed by atoms with Gasteiger partial charge in [0.25, 0.3) is 0 Å². The van der Waals surface area contributed by atoms with Gasteiger partial charge in [-0.3, -0.25) is 0 Å². The van der Waals surface area contributed by atoms with Crippen LogP contribution in [0.2, 0.25) is 0 Å². The molecule has 3 rings (SSSR count). The van der Waals surface area contributed by atoms with Gasteiger partial charge in [-0.15, -0.1) is 0 Å². The summed E-state index contributed by atoms with van der Waals surface area (Å²) in [4.78, 5) is 0. The molecule has 0 aromatic heterocycles. The maximum absolute atomic E-state index is 6.16. The Hall–Kier alpha value is -1.22. The first-order valence-electron chi connectivity index (χ1n) is 7.73. The molecular weight excluding hydrogens is 250 g/mol. The third-order valence-electron chi connectivity index (χ3n) is 5.26. The van der Waals surface area contributed by atoms with Gasteiger partial charge in [0, 0.05) is 28.7 Å². The van der Waals surface area contributed by atoms with Crippen LogP contribution in [0, 0.1) is 0 Å². The second kappa shape index (κ2) is 5.28. The lowest BCUT2D eigenvalue weighted by Gasteiger charge is -2.31. The van der Waals surface area contributed by atoms with E-state index in [2.05, 4.69) is 6.07 Å². The molecule has 0 spiro atoms. The highest BCUT2D eigenvalue weighted by Gasteiger charge is 2.39. The SMILES string of the molecule is COc1cc(C2(CN)CCCC2)c(OC)c2c1CCC2. The van der Waals surface area contributed by atoms with Crippen LogP contribution in [0.3, 0.4) is 0 Å². The molecule has 0 amide bonds. The zero-order valence-electron chi connectivity index (χ0n) is 12.6. The molecule has 0 radical (unpaired) electrons. The molecule has 0 bridgehead atoms. The van der Waals surface area contributed by atoms with E-state index in [-0.39, 0.29) is 5.41 Å². The summed E-state index contributed by atoms with van der Waals surface area (Å²) >= 11 is 0. The summed E-state index contributed by atoms with van der Waals surface area (Å²) in [7, 11) is 3.57. The number of ether oxygens (including phenoxy) is 2. The smallest absolute Gasteiger partial charge is 0.126 e. The highest BCUT2D eigenvalue weighted by atomic mass is 16.5. The van der Waals surface area contributed by atoms with Crippen molar-refractivity contribution in [2.24, 2.45) is 5.73 Å². The van der Waals surface area contributed by atoms with Crippen molar-refractivity contribution in [3.8, 4) is 11.5 Å². The minimum Gasteiger partial charge on any atom is -0.496 e. The van der Waals surface area contributed by atoms with Crippen molar-refractivity contribution in [2.45, 2.75) is 50.4 Å². The van der Waals surface area contributed by atoms with E-state index in [0.29, 0.717) is 6.54 Å². The largest absolute Gasteiger partial charge is 0.496 e. The maximum Gasteiger partial charge on any atom is 0.126 e. The van der Waals surface area contributed by atoms with Gasteiger partial charge < -0.3 is 15.2 Å². The van der Waals surface area contributed by atoms with Crippen molar-refractivity contribution in [1.82, 2.24) is 0 Å². The van der Waals surface area contributed by atoms with Crippen molar-refractivity contribution in [3.05, 3.63) is 22.8 Å². The van der Waals surface area contributed by atoms with Gasteiger partial charge in [-0.1, -0.05) is 12.8 Å². The monoisotopic (exact) mass is 275 g/mol. The van der Waals surface area contributed by atoms with E-state index in [1.165, 1.54) is 48.8 Å². The fourth-order valence-electron chi connectivity index (χ4n) is 4.16. The molecule has 0 atom stereocenters. The molecule has 0 saturated heterocycles. The summed E-state index contributed by atoms with van der Waals surface area (Å²) < 4.78 is 11.5. The fourth-order valence-corrected chi connectivity index (χ4v) is 4.16. The molecule has 0 heterocycles. The molecule has 3 nitrogen and oxygen atoms in total. The minimum absolute atomic E-state index is 0.0935. The van der Waals surface area contributed by atoms with Crippen LogP contribution in [0.1, 0.15) is 48.8 Å². The second-order valence-electron chi connectivity index (χ2n) is 6.16. The topological polar surface area (TPSA) is 44.5 Å². The highest BCUT2D eigenvalue weighted by molar-refractivity contribution is 5.58. The number of hydrogen-bond acceptors (Lipinski definition) is 3. The van der Waals surface area contributed by atoms with Crippen LogP contribution in [-0.2, 0) is 18.3 Å². The van der Waals surface area contributed by atoms with Gasteiger partial charge in [-0.2, -0.15) is 0 Å². The molecular formula is C17H25NO2. The lowest BCUT2D eigenvalue weighted by atomic mass is 9.77. The van der Waals surface area contributed by atoms with Crippen molar-refractivity contribution < 1.29 is 9.47 Å². The van der Waals surface area contributed by atoms with Gasteiger partial charge in [0.1, 0.15) is 11.5 Å². The summed E-state index contributed by atoms with van der Waals surface area (Å²) in [5.41, 5.74) is 10.3. The van der Waals surface area contributed by atoms with E-state index in [4.69, 9.17) is 15.2 Å². The summed E-state index contributed by atoms with van der Waals surface area (Å²) in [5, 5.41) is 0. The van der Waals surface area contributed by atoms with Crippen LogP contribution in [0.4, 0.5) is 0 Å². The molecule has 110 valence electrons. The predicted octanol–water partition coefficient (Wildman–Crippen LogP) is 2.96. The van der Waals surface area contributed by atoms with E-state index in [1.54, 1.807) is 14.2 Å². The molecule has 0 unspecified atom stereocenters. The van der Waals surface area contributed by atoms with Gasteiger partial charge in [0.15, 0.2) is 0 Å². The highest BCUT2D eigenvalue weighted by Crippen LogP contribution is 2.49. The van der Waals surface area contributed by atoms with Crippen molar-refractivity contribution in [3.63, 3.8) is 0 Å². The van der Waals surface area contributed by atoms with Gasteiger partial charge in [-0.05, 0) is 38.2 Å². The first-order chi connectivity index (χ1) is 9.75. The van der Waals surface area contributed by atoms with E-state index < -0.39 is 0 Å². The van der Waals surface area contributed by atoms with Gasteiger partial charge in [0.2, 0.25) is 0 Å². The van der Waals surface area contributed by atoms with Crippen LogP contribution >= 0.6 is 0 Å². The average molecular weight is 275 g/mol. The van der Waals surface area contributed by atoms with Gasteiger partial charge >= 0.3 is 0 Å². The number of rotatable bonds is 4. The molecule has 2 aliphatic carbocycles. The third-order valence-corrected chi connectivity index (χ3v) is 5.26. The fraction of sp³-hybridized carbons (Fsp3) is 0.647. The number of benzene rings is 1. The van der Waals surface area contributed by atoms with Crippen molar-refractivity contribution in [1.29, 1.82) is 0 Å². The number of nitrogens with two attached hydrogens (primary N) is 1. The van der Waals surface area contributed by atoms with Crippen molar-refractivity contribution in [2.75, 3.05) is 20.8 Å². The number of fused-ring (bicyclic) bond motifs is 1. The maximum atomic E-state index is 6.16. The lowest BCUT2D eigenvalue weighted by Crippen LogP contribution is -2.32. The normalized spacial score (nSPS) is 19.9. The molecule has 3 heteroatoms. The zero-order chi connectivity index (χ0) is 14.2. The summed E-state index contributed by atoms with van der Waals surface area (Å²) in [5.74, 6) is 2.12. The minimum atomic E-state index is 0.0935. The lowest BCUT2D eigenvalue weighted by molar-refractivity contribution is 0.366. The predicted molar refractivity (Wildman–Crippen MR) is 80.8 cm³/mol. The number of methoxy groups -OCH3 is 2. The first kappa shape index (κ1) is 13.7. The Kier molecular flexibility index (Phi) is 3.63. The summed E-state index contributed by atoms with van der Waals surface area (Å²) in [6, 6.07) is 2.21. The molecule has 1 aromatic rings. The molecule has 0 aliphatic heterocycles. The third kappa shape index (κ3) is 1.91. The Morgan fingerprint density at radius 3 is 2.35 bits per heavy atom. The summed E-state index contributed by atoms with van der Waals surface area (Å²) in [6.45, 7) is 0.700. The Morgan fingerprint density at radius 2 is 1.75 bits per heavy atom. The molecule has 20 heavy (non-hydrogen) atoms. The number of hydrogen-bond donors (Lipinski definition) is 1. The van der Waals surface area contributed by atoms with Crippen LogP contribution in [0.5, 0.6) is 11.5 Å². The van der Waals surface area contributed by atoms with E-state index in [0.717, 1.165) is 24.3 Å². The molecule has 1 saturated carbocycles. The standard InChI is InChI=1S/C17H25NO2/c1-19-15-10-14(17(11-18)8-3-4-9-17)16(20-2)13-7-5-6-12(13)15/h10H,3-9,11,18H2,1-2H3. The summed E-state index contributed by atoms with van der Waals surface area (Å²) in [6.07, 6.45) is 8.26. The van der Waals surface area contributed by atoms with Crippen molar-refractivity contribution >= 4 is 0 Å². The average Bonchev–Trinajstić information content (AvgIpc) is 3.14. The van der Waals surface area contributed by atoms with Gasteiger partial charge in [-0.25, -0.2) is 0 Å². The quantitative estimate of drug-likeness (QED) is 0.919. The van der Waals surface area contributed by atoms with Crippen LogP contribution in [0.15, 0.2) is 6.07 Å². The van der Waals surface area contributed by atoms with E-state index in [9.17, 15) is 0 Å². The first-order valence-corrected chi connectivity index (χ1v) is 7.73. The molecule has 1 fully saturated rings. The Morgan fingerprint density at radius 1 is 1.05 bits per heavy atom. The molecule has 2 N–H and O–H groups in total. The Labute approximate surface area is 121 Å². The second-order valence-corrected chi connectivity index (χ2v) is 6.16. The van der Waals surface area contributed by atoms with Crippen LogP contribution in [0.25, 0.3) is 0 Å². The van der Waals surface area contributed by atoms with Crippen LogP contribution < -0.4 is 15.2 Å². The molecule has 1 aromatic carbocycles. The molecule has 2 aliphatic rings. The Balaban J connectivity index is 2.19. The van der Waals surface area contributed by atoms with Crippen LogP contribution in [-0.4, -0.2) is 20.8 Å².